The highest BCUT2D eigenvalue weighted by atomic mass is 31.2. The first-order valence-electron chi connectivity index (χ1n) is 30.2. The van der Waals surface area contributed by atoms with Gasteiger partial charge in [-0.2, -0.15) is 0 Å². The summed E-state index contributed by atoms with van der Waals surface area (Å²) in [5.74, 6) is -0.886. The Labute approximate surface area is 467 Å². The lowest BCUT2D eigenvalue weighted by molar-refractivity contribution is -0.870. The van der Waals surface area contributed by atoms with Gasteiger partial charge in [0.15, 0.2) is 6.10 Å². The first-order valence-corrected chi connectivity index (χ1v) is 31.7. The number of rotatable bonds is 54. The molecular formula is C66H112NO8P. The number of quaternary nitrogens is 1. The molecule has 0 N–H and O–H groups in total. The number of unbranched alkanes of at least 4 members (excludes halogenated alkanes) is 20. The first-order chi connectivity index (χ1) is 37.0. The zero-order chi connectivity index (χ0) is 55.6. The Morgan fingerprint density at radius 2 is 0.750 bits per heavy atom. The maximum absolute atomic E-state index is 12.8. The molecule has 0 aliphatic rings. The maximum Gasteiger partial charge on any atom is 0.306 e. The van der Waals surface area contributed by atoms with Crippen molar-refractivity contribution in [2.24, 2.45) is 0 Å². The summed E-state index contributed by atoms with van der Waals surface area (Å²) in [6, 6.07) is 0. The fourth-order valence-corrected chi connectivity index (χ4v) is 8.59. The van der Waals surface area contributed by atoms with E-state index in [9.17, 15) is 19.0 Å². The zero-order valence-corrected chi connectivity index (χ0v) is 50.0. The van der Waals surface area contributed by atoms with Crippen LogP contribution in [0.1, 0.15) is 232 Å². The smallest absolute Gasteiger partial charge is 0.306 e. The second kappa shape index (κ2) is 56.1. The lowest BCUT2D eigenvalue weighted by atomic mass is 10.0. The molecule has 0 spiro atoms. The van der Waals surface area contributed by atoms with Crippen molar-refractivity contribution in [1.29, 1.82) is 0 Å². The van der Waals surface area contributed by atoms with Crippen LogP contribution in [0, 0.1) is 0 Å². The van der Waals surface area contributed by atoms with E-state index in [4.69, 9.17) is 18.5 Å². The van der Waals surface area contributed by atoms with Gasteiger partial charge in [0.1, 0.15) is 19.8 Å². The zero-order valence-electron chi connectivity index (χ0n) is 49.2. The van der Waals surface area contributed by atoms with E-state index in [0.717, 1.165) is 96.3 Å². The van der Waals surface area contributed by atoms with Gasteiger partial charge in [-0.15, -0.1) is 0 Å². The van der Waals surface area contributed by atoms with E-state index in [1.807, 2.05) is 21.1 Å². The van der Waals surface area contributed by atoms with Crippen molar-refractivity contribution in [3.63, 3.8) is 0 Å². The summed E-state index contributed by atoms with van der Waals surface area (Å²) in [5, 5.41) is 0. The third-order valence-electron chi connectivity index (χ3n) is 12.5. The molecule has 0 fully saturated rings. The van der Waals surface area contributed by atoms with E-state index in [-0.39, 0.29) is 26.1 Å². The molecule has 2 unspecified atom stereocenters. The summed E-state index contributed by atoms with van der Waals surface area (Å²) in [7, 11) is 1.13. The predicted octanol–water partition coefficient (Wildman–Crippen LogP) is 18.5. The fourth-order valence-electron chi connectivity index (χ4n) is 7.86. The van der Waals surface area contributed by atoms with E-state index in [1.54, 1.807) is 0 Å². The van der Waals surface area contributed by atoms with Gasteiger partial charge in [-0.1, -0.05) is 251 Å². The van der Waals surface area contributed by atoms with Gasteiger partial charge in [0, 0.05) is 12.8 Å². The number of ether oxygens (including phenoxy) is 2. The van der Waals surface area contributed by atoms with E-state index >= 15 is 0 Å². The van der Waals surface area contributed by atoms with Crippen LogP contribution >= 0.6 is 7.82 Å². The molecule has 0 rings (SSSR count). The molecule has 76 heavy (non-hydrogen) atoms. The summed E-state index contributed by atoms with van der Waals surface area (Å²) in [6.07, 6.45) is 79.7. The first kappa shape index (κ1) is 72.4. The Hall–Kier alpha value is -3.59. The molecule has 0 heterocycles. The van der Waals surface area contributed by atoms with E-state index in [0.29, 0.717) is 17.4 Å². The number of hydrogen-bond donors (Lipinski definition) is 0. The molecule has 10 heteroatoms. The molecule has 0 amide bonds. The Morgan fingerprint density at radius 1 is 0.421 bits per heavy atom. The second-order valence-corrected chi connectivity index (χ2v) is 22.4. The minimum atomic E-state index is -4.66. The molecular weight excluding hydrogens is 966 g/mol. The number of carbonyl (C=O) groups excluding carboxylic acids is 2. The molecule has 0 aromatic carbocycles. The number of hydrogen-bond acceptors (Lipinski definition) is 8. The molecule has 0 saturated carbocycles. The Morgan fingerprint density at radius 3 is 1.12 bits per heavy atom. The Kier molecular flexibility index (Phi) is 53.5. The molecule has 0 aliphatic carbocycles. The minimum absolute atomic E-state index is 0.0447. The number of phosphoric ester groups is 1. The van der Waals surface area contributed by atoms with Gasteiger partial charge in [-0.25, -0.2) is 0 Å². The van der Waals surface area contributed by atoms with Crippen molar-refractivity contribution >= 4 is 19.8 Å². The highest BCUT2D eigenvalue weighted by Crippen LogP contribution is 2.38. The van der Waals surface area contributed by atoms with Gasteiger partial charge < -0.3 is 27.9 Å². The standard InChI is InChI=1S/C66H112NO8P/c1-6-8-10-12-14-16-18-20-22-24-26-27-28-29-30-31-32-33-34-35-36-37-38-39-41-43-45-47-49-51-53-55-57-59-66(69)75-64(63-74-76(70,71)73-61-60-67(3,4)5)62-72-65(68)58-56-54-52-50-48-46-44-42-40-25-23-21-19-17-15-13-11-9-7-2/h8,10,14,16,20,22,26-27,29-30,32-33,35-36,38-39,43,45,49,51,64H,6-7,9,11-13,15,17-19,21,23-25,28,31,34,37,40-42,44,46-48,50,52-63H2,1-5H3/b10-8-,16-14-,22-20-,27-26-,30-29-,33-32-,36-35-,39-38-,45-43-,51-49-. The van der Waals surface area contributed by atoms with Crippen LogP contribution in [0.2, 0.25) is 0 Å². The van der Waals surface area contributed by atoms with Crippen molar-refractivity contribution in [3.05, 3.63) is 122 Å². The van der Waals surface area contributed by atoms with Crippen molar-refractivity contribution in [1.82, 2.24) is 0 Å². The monoisotopic (exact) mass is 1080 g/mol. The molecule has 2 atom stereocenters. The van der Waals surface area contributed by atoms with Gasteiger partial charge >= 0.3 is 11.9 Å². The third kappa shape index (κ3) is 59.7. The quantitative estimate of drug-likeness (QED) is 0.0195. The number of carbonyl (C=O) groups is 2. The predicted molar refractivity (Wildman–Crippen MR) is 323 cm³/mol. The molecule has 0 saturated heterocycles. The van der Waals surface area contributed by atoms with Crippen LogP contribution in [0.25, 0.3) is 0 Å². The number of nitrogens with zero attached hydrogens (tertiary/aromatic N) is 1. The molecule has 0 radical (unpaired) electrons. The molecule has 0 bridgehead atoms. The highest BCUT2D eigenvalue weighted by Gasteiger charge is 2.21. The van der Waals surface area contributed by atoms with Gasteiger partial charge in [0.25, 0.3) is 7.82 Å². The van der Waals surface area contributed by atoms with Crippen LogP contribution in [0.4, 0.5) is 0 Å². The van der Waals surface area contributed by atoms with Crippen molar-refractivity contribution < 1.29 is 42.1 Å². The molecule has 0 aliphatic heterocycles. The van der Waals surface area contributed by atoms with Crippen LogP contribution in [0.3, 0.4) is 0 Å². The topological polar surface area (TPSA) is 111 Å². The van der Waals surface area contributed by atoms with Gasteiger partial charge in [-0.3, -0.25) is 14.2 Å². The molecule has 434 valence electrons. The van der Waals surface area contributed by atoms with Gasteiger partial charge in [0.05, 0.1) is 27.7 Å². The Balaban J connectivity index is 4.27. The largest absolute Gasteiger partial charge is 0.756 e. The normalized spacial score (nSPS) is 14.1. The lowest BCUT2D eigenvalue weighted by Crippen LogP contribution is -2.37. The highest BCUT2D eigenvalue weighted by molar-refractivity contribution is 7.45. The number of esters is 2. The van der Waals surface area contributed by atoms with Gasteiger partial charge in [0.2, 0.25) is 0 Å². The SMILES string of the molecule is CC/C=C\C/C=C\C/C=C\C/C=C\C/C=C\C/C=C\C/C=C\C/C=C\C/C=C\C/C=C\CCCCC(=O)OC(COC(=O)CCCCCCCCCCCCCCCCCCCCC)COP(=O)([O-])OCC[N+](C)(C)C. The summed E-state index contributed by atoms with van der Waals surface area (Å²) in [6.45, 7) is 4.08. The van der Waals surface area contributed by atoms with Crippen molar-refractivity contribution in [3.8, 4) is 0 Å². The maximum atomic E-state index is 12.8. The fraction of sp³-hybridized carbons (Fsp3) is 0.667. The van der Waals surface area contributed by atoms with E-state index in [1.165, 1.54) is 103 Å². The minimum Gasteiger partial charge on any atom is -0.756 e. The van der Waals surface area contributed by atoms with E-state index in [2.05, 4.69) is 135 Å². The second-order valence-electron chi connectivity index (χ2n) is 21.0. The number of likely N-dealkylation sites (N-methyl/N-ethyl adjacent to an activating group) is 1. The van der Waals surface area contributed by atoms with Crippen LogP contribution < -0.4 is 4.89 Å². The van der Waals surface area contributed by atoms with Crippen molar-refractivity contribution in [2.45, 2.75) is 238 Å². The summed E-state index contributed by atoms with van der Waals surface area (Å²) in [4.78, 5) is 37.9. The molecule has 0 aromatic rings. The average molecular weight is 1080 g/mol. The lowest BCUT2D eigenvalue weighted by Gasteiger charge is -2.28. The van der Waals surface area contributed by atoms with Gasteiger partial charge in [-0.05, 0) is 89.9 Å². The van der Waals surface area contributed by atoms with Crippen molar-refractivity contribution in [2.75, 3.05) is 47.5 Å². The molecule has 0 aromatic heterocycles. The molecule has 9 nitrogen and oxygen atoms in total. The number of phosphoric acid groups is 1. The average Bonchev–Trinajstić information content (AvgIpc) is 3.38. The van der Waals surface area contributed by atoms with E-state index < -0.39 is 32.5 Å². The summed E-state index contributed by atoms with van der Waals surface area (Å²) >= 11 is 0. The number of allylic oxidation sites excluding steroid dienone is 20. The van der Waals surface area contributed by atoms with Crippen LogP contribution in [-0.2, 0) is 32.7 Å². The van der Waals surface area contributed by atoms with Crippen LogP contribution in [0.5, 0.6) is 0 Å². The summed E-state index contributed by atoms with van der Waals surface area (Å²) < 4.78 is 34.1. The summed E-state index contributed by atoms with van der Waals surface area (Å²) in [5.41, 5.74) is 0. The van der Waals surface area contributed by atoms with Crippen LogP contribution in [0.15, 0.2) is 122 Å². The third-order valence-corrected chi connectivity index (χ3v) is 13.5. The van der Waals surface area contributed by atoms with Crippen LogP contribution in [-0.4, -0.2) is 70.0 Å². The Bertz CT molecular complexity index is 1700.